The molecule has 3 heteroatoms. The van der Waals surface area contributed by atoms with E-state index in [9.17, 15) is 5.11 Å². The van der Waals surface area contributed by atoms with E-state index in [1.165, 1.54) is 43.6 Å². The van der Waals surface area contributed by atoms with Gasteiger partial charge < -0.3 is 15.3 Å². The zero-order chi connectivity index (χ0) is 12.8. The number of hydrogen-bond donors (Lipinski definition) is 2. The van der Waals surface area contributed by atoms with Gasteiger partial charge >= 0.3 is 0 Å². The number of aryl methyl sites for hydroxylation is 2. The van der Waals surface area contributed by atoms with Gasteiger partial charge in [0.15, 0.2) is 0 Å². The Bertz CT molecular complexity index is 373. The molecule has 0 aromatic heterocycles. The van der Waals surface area contributed by atoms with Crippen molar-refractivity contribution in [2.24, 2.45) is 0 Å². The number of hydrogen-bond acceptors (Lipinski definition) is 3. The SMILES string of the molecule is Cc1cc(O)ccc1CCCCN1CCNCC1. The Hall–Kier alpha value is -1.06. The quantitative estimate of drug-likeness (QED) is 0.782. The highest BCUT2D eigenvalue weighted by molar-refractivity contribution is 5.33. The van der Waals surface area contributed by atoms with Gasteiger partial charge in [-0.1, -0.05) is 6.07 Å². The zero-order valence-corrected chi connectivity index (χ0v) is 11.3. The molecule has 0 bridgehead atoms. The standard InChI is InChI=1S/C15H24N2O/c1-13-12-15(18)6-5-14(13)4-2-3-9-17-10-7-16-8-11-17/h5-6,12,16,18H,2-4,7-11H2,1H3. The Balaban J connectivity index is 1.68. The van der Waals surface area contributed by atoms with E-state index in [-0.39, 0.29) is 0 Å². The van der Waals surface area contributed by atoms with Crippen molar-refractivity contribution in [1.82, 2.24) is 10.2 Å². The van der Waals surface area contributed by atoms with Crippen LogP contribution >= 0.6 is 0 Å². The van der Waals surface area contributed by atoms with E-state index in [1.807, 2.05) is 6.07 Å². The van der Waals surface area contributed by atoms with E-state index < -0.39 is 0 Å². The molecule has 0 saturated carbocycles. The molecule has 0 unspecified atom stereocenters. The number of nitrogens with one attached hydrogen (secondary N) is 1. The average molecular weight is 248 g/mol. The van der Waals surface area contributed by atoms with Crippen LogP contribution in [0.3, 0.4) is 0 Å². The van der Waals surface area contributed by atoms with Crippen LogP contribution in [0.25, 0.3) is 0 Å². The number of unbranched alkanes of at least 4 members (excludes halogenated alkanes) is 1. The predicted molar refractivity (Wildman–Crippen MR) is 75.1 cm³/mol. The molecule has 100 valence electrons. The maximum atomic E-state index is 9.37. The molecule has 2 rings (SSSR count). The number of piperazine rings is 1. The second kappa shape index (κ2) is 6.76. The summed E-state index contributed by atoms with van der Waals surface area (Å²) in [7, 11) is 0. The van der Waals surface area contributed by atoms with Crippen LogP contribution in [0.1, 0.15) is 24.0 Å². The lowest BCUT2D eigenvalue weighted by Gasteiger charge is -2.27. The fourth-order valence-electron chi connectivity index (χ4n) is 2.55. The average Bonchev–Trinajstić information content (AvgIpc) is 2.38. The molecule has 0 aliphatic carbocycles. The van der Waals surface area contributed by atoms with Crippen LogP contribution < -0.4 is 5.32 Å². The molecule has 0 amide bonds. The van der Waals surface area contributed by atoms with Gasteiger partial charge in [-0.25, -0.2) is 0 Å². The van der Waals surface area contributed by atoms with Crippen molar-refractivity contribution < 1.29 is 5.11 Å². The lowest BCUT2D eigenvalue weighted by atomic mass is 10.0. The first kappa shape index (κ1) is 13.4. The van der Waals surface area contributed by atoms with Crippen molar-refractivity contribution in [2.75, 3.05) is 32.7 Å². The topological polar surface area (TPSA) is 35.5 Å². The fraction of sp³-hybridized carbons (Fsp3) is 0.600. The molecule has 1 fully saturated rings. The molecule has 1 saturated heterocycles. The van der Waals surface area contributed by atoms with Crippen LogP contribution in [0.5, 0.6) is 5.75 Å². The van der Waals surface area contributed by atoms with E-state index >= 15 is 0 Å². The maximum Gasteiger partial charge on any atom is 0.115 e. The molecule has 0 spiro atoms. The maximum absolute atomic E-state index is 9.37. The Morgan fingerprint density at radius 1 is 1.22 bits per heavy atom. The summed E-state index contributed by atoms with van der Waals surface area (Å²) in [6.45, 7) is 7.95. The number of phenolic OH excluding ortho intramolecular Hbond substituents is 1. The number of benzene rings is 1. The summed E-state index contributed by atoms with van der Waals surface area (Å²) in [6.07, 6.45) is 3.62. The van der Waals surface area contributed by atoms with Crippen LogP contribution in [0.4, 0.5) is 0 Å². The van der Waals surface area contributed by atoms with Crippen LogP contribution in [-0.2, 0) is 6.42 Å². The van der Waals surface area contributed by atoms with Crippen LogP contribution in [-0.4, -0.2) is 42.7 Å². The minimum absolute atomic E-state index is 0.372. The van der Waals surface area contributed by atoms with E-state index in [2.05, 4.69) is 23.2 Å². The second-order valence-electron chi connectivity index (χ2n) is 5.16. The van der Waals surface area contributed by atoms with Gasteiger partial charge in [-0.2, -0.15) is 0 Å². The smallest absolute Gasteiger partial charge is 0.115 e. The summed E-state index contributed by atoms with van der Waals surface area (Å²) in [4.78, 5) is 2.54. The monoisotopic (exact) mass is 248 g/mol. The van der Waals surface area contributed by atoms with Crippen molar-refractivity contribution in [1.29, 1.82) is 0 Å². The van der Waals surface area contributed by atoms with Gasteiger partial charge in [-0.15, -0.1) is 0 Å². The molecule has 0 atom stereocenters. The van der Waals surface area contributed by atoms with Crippen LogP contribution in [0.15, 0.2) is 18.2 Å². The lowest BCUT2D eigenvalue weighted by Crippen LogP contribution is -2.43. The molecule has 0 radical (unpaired) electrons. The molecule has 1 heterocycles. The van der Waals surface area contributed by atoms with Gasteiger partial charge in [0, 0.05) is 26.2 Å². The van der Waals surface area contributed by atoms with E-state index in [0.717, 1.165) is 19.5 Å². The molecule has 18 heavy (non-hydrogen) atoms. The van der Waals surface area contributed by atoms with Crippen molar-refractivity contribution in [3.63, 3.8) is 0 Å². The van der Waals surface area contributed by atoms with E-state index in [4.69, 9.17) is 0 Å². The van der Waals surface area contributed by atoms with Crippen LogP contribution in [0, 0.1) is 6.92 Å². The van der Waals surface area contributed by atoms with Gasteiger partial charge in [0.2, 0.25) is 0 Å². The summed E-state index contributed by atoms with van der Waals surface area (Å²) < 4.78 is 0. The van der Waals surface area contributed by atoms with Gasteiger partial charge in [-0.3, -0.25) is 0 Å². The van der Waals surface area contributed by atoms with Crippen LogP contribution in [0.2, 0.25) is 0 Å². The normalized spacial score (nSPS) is 16.9. The summed E-state index contributed by atoms with van der Waals surface area (Å²) in [5.74, 6) is 0.372. The molecular weight excluding hydrogens is 224 g/mol. The van der Waals surface area contributed by atoms with Gasteiger partial charge in [0.1, 0.15) is 5.75 Å². The van der Waals surface area contributed by atoms with Gasteiger partial charge in [-0.05, 0) is 56.0 Å². The predicted octanol–water partition coefficient (Wildman–Crippen LogP) is 1.93. The van der Waals surface area contributed by atoms with E-state index in [0.29, 0.717) is 5.75 Å². The molecule has 3 nitrogen and oxygen atoms in total. The first-order valence-corrected chi connectivity index (χ1v) is 6.97. The Labute approximate surface area is 110 Å². The summed E-state index contributed by atoms with van der Waals surface area (Å²) in [5, 5.41) is 12.7. The number of nitrogens with zero attached hydrogens (tertiary/aromatic N) is 1. The Morgan fingerprint density at radius 3 is 2.72 bits per heavy atom. The molecule has 1 aliphatic rings. The van der Waals surface area contributed by atoms with Crippen molar-refractivity contribution >= 4 is 0 Å². The summed E-state index contributed by atoms with van der Waals surface area (Å²) in [6, 6.07) is 5.69. The minimum Gasteiger partial charge on any atom is -0.508 e. The lowest BCUT2D eigenvalue weighted by molar-refractivity contribution is 0.237. The third-order valence-corrected chi connectivity index (χ3v) is 3.71. The third kappa shape index (κ3) is 4.00. The van der Waals surface area contributed by atoms with Gasteiger partial charge in [0.05, 0.1) is 0 Å². The fourth-order valence-corrected chi connectivity index (χ4v) is 2.55. The van der Waals surface area contributed by atoms with Crippen molar-refractivity contribution in [3.8, 4) is 5.75 Å². The first-order valence-electron chi connectivity index (χ1n) is 6.97. The molecular formula is C15H24N2O. The zero-order valence-electron chi connectivity index (χ0n) is 11.3. The first-order chi connectivity index (χ1) is 8.75. The molecule has 1 aromatic carbocycles. The van der Waals surface area contributed by atoms with Crippen molar-refractivity contribution in [2.45, 2.75) is 26.2 Å². The Kier molecular flexibility index (Phi) is 5.02. The highest BCUT2D eigenvalue weighted by Crippen LogP contribution is 2.17. The largest absolute Gasteiger partial charge is 0.508 e. The van der Waals surface area contributed by atoms with Gasteiger partial charge in [0.25, 0.3) is 0 Å². The molecule has 1 aliphatic heterocycles. The summed E-state index contributed by atoms with van der Waals surface area (Å²) >= 11 is 0. The number of aromatic hydroxyl groups is 1. The highest BCUT2D eigenvalue weighted by atomic mass is 16.3. The molecule has 1 aromatic rings. The Morgan fingerprint density at radius 2 is 2.00 bits per heavy atom. The highest BCUT2D eigenvalue weighted by Gasteiger charge is 2.08. The summed E-state index contributed by atoms with van der Waals surface area (Å²) in [5.41, 5.74) is 2.57. The minimum atomic E-state index is 0.372. The third-order valence-electron chi connectivity index (χ3n) is 3.71. The number of phenols is 1. The second-order valence-corrected chi connectivity index (χ2v) is 5.16. The van der Waals surface area contributed by atoms with E-state index in [1.54, 1.807) is 6.07 Å². The molecule has 2 N–H and O–H groups in total. The van der Waals surface area contributed by atoms with Crippen molar-refractivity contribution in [3.05, 3.63) is 29.3 Å². The number of rotatable bonds is 5.